The molecule has 2 heterocycles. The molecule has 2 aromatic heterocycles. The van der Waals surface area contributed by atoms with Gasteiger partial charge >= 0.3 is 0 Å². The van der Waals surface area contributed by atoms with Gasteiger partial charge in [-0.2, -0.15) is 0 Å². The molecule has 0 saturated heterocycles. The average molecular weight is 337 g/mol. The fraction of sp³-hybridized carbons (Fsp3) is 0.357. The molecule has 0 fully saturated rings. The quantitative estimate of drug-likeness (QED) is 0.927. The summed E-state index contributed by atoms with van der Waals surface area (Å²) in [4.78, 5) is 12.6. The van der Waals surface area contributed by atoms with E-state index in [0.29, 0.717) is 18.2 Å². The molecule has 0 aliphatic heterocycles. The van der Waals surface area contributed by atoms with Crippen molar-refractivity contribution in [1.82, 2.24) is 20.3 Å². The first-order valence-corrected chi connectivity index (χ1v) is 7.06. The van der Waals surface area contributed by atoms with E-state index in [1.54, 1.807) is 24.8 Å². The highest BCUT2D eigenvalue weighted by molar-refractivity contribution is 9.10. The Kier molecular flexibility index (Phi) is 4.67. The summed E-state index contributed by atoms with van der Waals surface area (Å²) in [6.07, 6.45) is 6.64. The zero-order valence-electron chi connectivity index (χ0n) is 11.7. The monoisotopic (exact) mass is 336 g/mol. The van der Waals surface area contributed by atoms with E-state index < -0.39 is 0 Å². The second-order valence-electron chi connectivity index (χ2n) is 5.39. The van der Waals surface area contributed by atoms with Gasteiger partial charge in [0.05, 0.1) is 24.3 Å². The van der Waals surface area contributed by atoms with Crippen LogP contribution in [-0.2, 0) is 6.54 Å². The minimum absolute atomic E-state index is 0.0544. The van der Waals surface area contributed by atoms with Gasteiger partial charge < -0.3 is 10.1 Å². The number of aromatic nitrogens is 3. The van der Waals surface area contributed by atoms with Crippen LogP contribution >= 0.6 is 15.9 Å². The van der Waals surface area contributed by atoms with Gasteiger partial charge in [-0.05, 0) is 42.8 Å². The van der Waals surface area contributed by atoms with Crippen molar-refractivity contribution in [2.24, 2.45) is 0 Å². The molecule has 0 aliphatic carbocycles. The Morgan fingerprint density at radius 3 is 2.55 bits per heavy atom. The van der Waals surface area contributed by atoms with Crippen LogP contribution in [0.3, 0.4) is 0 Å². The number of rotatable bonds is 4. The lowest BCUT2D eigenvalue weighted by atomic mass is 10.1. The average Bonchev–Trinajstić information content (AvgIpc) is 2.37. The molecule has 0 amide bonds. The molecule has 6 heteroatoms. The van der Waals surface area contributed by atoms with Crippen molar-refractivity contribution in [2.75, 3.05) is 0 Å². The SMILES string of the molecule is CC(C)(C)NCc1cnc(Oc2cncc(Br)c2)cn1. The van der Waals surface area contributed by atoms with E-state index in [0.717, 1.165) is 10.2 Å². The van der Waals surface area contributed by atoms with Crippen molar-refractivity contribution in [1.29, 1.82) is 0 Å². The highest BCUT2D eigenvalue weighted by Gasteiger charge is 2.09. The van der Waals surface area contributed by atoms with Crippen molar-refractivity contribution < 1.29 is 4.74 Å². The summed E-state index contributed by atoms with van der Waals surface area (Å²) in [5.41, 5.74) is 0.929. The maximum absolute atomic E-state index is 5.57. The molecule has 0 bridgehead atoms. The van der Waals surface area contributed by atoms with E-state index in [1.807, 2.05) is 6.07 Å². The van der Waals surface area contributed by atoms with E-state index in [-0.39, 0.29) is 5.54 Å². The molecule has 0 aliphatic rings. The molecule has 0 radical (unpaired) electrons. The minimum Gasteiger partial charge on any atom is -0.436 e. The van der Waals surface area contributed by atoms with E-state index in [2.05, 4.69) is 57.0 Å². The topological polar surface area (TPSA) is 59.9 Å². The van der Waals surface area contributed by atoms with Gasteiger partial charge in [-0.1, -0.05) is 0 Å². The van der Waals surface area contributed by atoms with Crippen LogP contribution in [0, 0.1) is 0 Å². The third-order valence-corrected chi connectivity index (χ3v) is 2.82. The molecule has 0 atom stereocenters. The van der Waals surface area contributed by atoms with E-state index in [9.17, 15) is 0 Å². The number of pyridine rings is 1. The third-order valence-electron chi connectivity index (χ3n) is 2.38. The van der Waals surface area contributed by atoms with Crippen LogP contribution in [0.5, 0.6) is 11.6 Å². The van der Waals surface area contributed by atoms with Crippen LogP contribution in [0.25, 0.3) is 0 Å². The molecular weight excluding hydrogens is 320 g/mol. The van der Waals surface area contributed by atoms with Gasteiger partial charge in [0.25, 0.3) is 0 Å². The Hall–Kier alpha value is -1.53. The Bertz CT molecular complexity index is 566. The molecule has 106 valence electrons. The van der Waals surface area contributed by atoms with Gasteiger partial charge in [-0.15, -0.1) is 0 Å². The Labute approximate surface area is 127 Å². The van der Waals surface area contributed by atoms with Gasteiger partial charge in [0.15, 0.2) is 0 Å². The summed E-state index contributed by atoms with van der Waals surface area (Å²) >= 11 is 3.34. The largest absolute Gasteiger partial charge is 0.436 e. The second kappa shape index (κ2) is 6.28. The number of nitrogens with zero attached hydrogens (tertiary/aromatic N) is 3. The smallest absolute Gasteiger partial charge is 0.237 e. The highest BCUT2D eigenvalue weighted by Crippen LogP contribution is 2.20. The van der Waals surface area contributed by atoms with Crippen LogP contribution < -0.4 is 10.1 Å². The summed E-state index contributed by atoms with van der Waals surface area (Å²) < 4.78 is 6.43. The summed E-state index contributed by atoms with van der Waals surface area (Å²) in [5.74, 6) is 1.07. The number of hydrogen-bond donors (Lipinski definition) is 1. The first-order valence-electron chi connectivity index (χ1n) is 6.27. The summed E-state index contributed by atoms with van der Waals surface area (Å²) in [6, 6.07) is 1.82. The minimum atomic E-state index is 0.0544. The van der Waals surface area contributed by atoms with Crippen LogP contribution in [0.1, 0.15) is 26.5 Å². The predicted octanol–water partition coefficient (Wildman–Crippen LogP) is 3.31. The fourth-order valence-corrected chi connectivity index (χ4v) is 1.76. The van der Waals surface area contributed by atoms with Crippen LogP contribution in [0.15, 0.2) is 35.3 Å². The predicted molar refractivity (Wildman–Crippen MR) is 80.6 cm³/mol. The second-order valence-corrected chi connectivity index (χ2v) is 6.31. The van der Waals surface area contributed by atoms with E-state index in [4.69, 9.17) is 4.74 Å². The van der Waals surface area contributed by atoms with Crippen molar-refractivity contribution in [3.63, 3.8) is 0 Å². The van der Waals surface area contributed by atoms with Crippen LogP contribution in [0.4, 0.5) is 0 Å². The lowest BCUT2D eigenvalue weighted by molar-refractivity contribution is 0.418. The van der Waals surface area contributed by atoms with E-state index in [1.165, 1.54) is 0 Å². The molecule has 2 aromatic rings. The van der Waals surface area contributed by atoms with Crippen LogP contribution in [-0.4, -0.2) is 20.5 Å². The molecule has 2 rings (SSSR count). The Morgan fingerprint density at radius 1 is 1.15 bits per heavy atom. The molecular formula is C14H17BrN4O. The molecule has 0 spiro atoms. The molecule has 0 unspecified atom stereocenters. The third kappa shape index (κ3) is 4.86. The maximum atomic E-state index is 5.57. The van der Waals surface area contributed by atoms with Gasteiger partial charge in [-0.3, -0.25) is 9.97 Å². The van der Waals surface area contributed by atoms with Gasteiger partial charge in [-0.25, -0.2) is 4.98 Å². The zero-order chi connectivity index (χ0) is 14.6. The molecule has 0 aromatic carbocycles. The number of ether oxygens (including phenoxy) is 1. The molecule has 1 N–H and O–H groups in total. The maximum Gasteiger partial charge on any atom is 0.237 e. The van der Waals surface area contributed by atoms with Gasteiger partial charge in [0.2, 0.25) is 5.88 Å². The summed E-state index contributed by atoms with van der Waals surface area (Å²) in [7, 11) is 0. The normalized spacial score (nSPS) is 11.4. The van der Waals surface area contributed by atoms with Crippen molar-refractivity contribution in [2.45, 2.75) is 32.9 Å². The van der Waals surface area contributed by atoms with Crippen molar-refractivity contribution >= 4 is 15.9 Å². The first-order chi connectivity index (χ1) is 9.42. The number of halogens is 1. The van der Waals surface area contributed by atoms with Crippen molar-refractivity contribution in [3.05, 3.63) is 41.0 Å². The fourth-order valence-electron chi connectivity index (χ4n) is 1.41. The van der Waals surface area contributed by atoms with Crippen molar-refractivity contribution in [3.8, 4) is 11.6 Å². The number of nitrogens with one attached hydrogen (secondary N) is 1. The molecule has 0 saturated carbocycles. The standard InChI is InChI=1S/C14H17BrN4O/c1-14(2,3)19-7-11-6-18-13(9-17-11)20-12-4-10(15)5-16-8-12/h4-6,8-9,19H,7H2,1-3H3. The summed E-state index contributed by atoms with van der Waals surface area (Å²) in [6.45, 7) is 7.00. The first kappa shape index (κ1) is 14.9. The molecule has 20 heavy (non-hydrogen) atoms. The number of hydrogen-bond acceptors (Lipinski definition) is 5. The van der Waals surface area contributed by atoms with E-state index >= 15 is 0 Å². The Balaban J connectivity index is 1.98. The van der Waals surface area contributed by atoms with Crippen LogP contribution in [0.2, 0.25) is 0 Å². The lowest BCUT2D eigenvalue weighted by Crippen LogP contribution is -2.35. The van der Waals surface area contributed by atoms with Gasteiger partial charge in [0.1, 0.15) is 5.75 Å². The lowest BCUT2D eigenvalue weighted by Gasteiger charge is -2.19. The highest BCUT2D eigenvalue weighted by atomic mass is 79.9. The summed E-state index contributed by atoms with van der Waals surface area (Å²) in [5, 5.41) is 3.36. The zero-order valence-corrected chi connectivity index (χ0v) is 13.3. The Morgan fingerprint density at radius 2 is 1.95 bits per heavy atom. The molecule has 5 nitrogen and oxygen atoms in total. The van der Waals surface area contributed by atoms with Gasteiger partial charge in [0, 0.05) is 22.8 Å².